The molecule has 26 heavy (non-hydrogen) atoms. The van der Waals surface area contributed by atoms with Crippen LogP contribution in [0.25, 0.3) is 0 Å². The summed E-state index contributed by atoms with van der Waals surface area (Å²) in [5.74, 6) is 0.713. The topological polar surface area (TPSA) is 41.6 Å². The number of hydrogen-bond acceptors (Lipinski definition) is 3. The van der Waals surface area contributed by atoms with Crippen LogP contribution in [0.4, 0.5) is 0 Å². The van der Waals surface area contributed by atoms with Gasteiger partial charge in [0.05, 0.1) is 5.54 Å². The van der Waals surface area contributed by atoms with Gasteiger partial charge in [-0.25, -0.2) is 0 Å². The van der Waals surface area contributed by atoms with Crippen molar-refractivity contribution in [3.05, 3.63) is 64.7 Å². The van der Waals surface area contributed by atoms with Crippen molar-refractivity contribution < 1.29 is 9.53 Å². The highest BCUT2D eigenvalue weighted by molar-refractivity contribution is 5.96. The number of nitrogens with one attached hydrogen (secondary N) is 1. The molecular formula is C22H28N2O2. The first-order valence-electron chi connectivity index (χ1n) is 9.18. The van der Waals surface area contributed by atoms with Gasteiger partial charge in [-0.3, -0.25) is 4.79 Å². The lowest BCUT2D eigenvalue weighted by atomic mass is 9.98. The van der Waals surface area contributed by atoms with Gasteiger partial charge in [0.2, 0.25) is 0 Å². The fourth-order valence-corrected chi connectivity index (χ4v) is 3.26. The number of rotatable bonds is 7. The Morgan fingerprint density at radius 1 is 1.12 bits per heavy atom. The van der Waals surface area contributed by atoms with Crippen LogP contribution in [0, 0.1) is 13.8 Å². The largest absolute Gasteiger partial charge is 0.492 e. The second kappa shape index (κ2) is 7.50. The monoisotopic (exact) mass is 352 g/mol. The van der Waals surface area contributed by atoms with Gasteiger partial charge in [0, 0.05) is 12.1 Å². The van der Waals surface area contributed by atoms with Gasteiger partial charge >= 0.3 is 0 Å². The predicted molar refractivity (Wildman–Crippen MR) is 105 cm³/mol. The summed E-state index contributed by atoms with van der Waals surface area (Å²) in [4.78, 5) is 15.0. The summed E-state index contributed by atoms with van der Waals surface area (Å²) in [5.41, 5.74) is 3.89. The average molecular weight is 352 g/mol. The number of carbonyl (C=O) groups excluding carboxylic acids is 1. The van der Waals surface area contributed by atoms with Gasteiger partial charge in [-0.2, -0.15) is 0 Å². The summed E-state index contributed by atoms with van der Waals surface area (Å²) in [7, 11) is 4.02. The summed E-state index contributed by atoms with van der Waals surface area (Å²) < 4.78 is 5.79. The van der Waals surface area contributed by atoms with Gasteiger partial charge in [-0.05, 0) is 69.6 Å². The molecule has 4 heteroatoms. The molecule has 3 rings (SSSR count). The number of aryl methyl sites for hydroxylation is 2. The van der Waals surface area contributed by atoms with Crippen LogP contribution in [0.5, 0.6) is 5.75 Å². The number of hydrogen-bond donors (Lipinski definition) is 1. The highest BCUT2D eigenvalue weighted by Gasteiger charge is 2.46. The molecule has 2 aromatic rings. The van der Waals surface area contributed by atoms with Crippen LogP contribution in [0.1, 0.15) is 39.9 Å². The molecule has 0 aromatic heterocycles. The number of likely N-dealkylation sites (N-methyl/N-ethyl adjacent to an activating group) is 1. The van der Waals surface area contributed by atoms with E-state index in [9.17, 15) is 4.79 Å². The number of benzene rings is 2. The van der Waals surface area contributed by atoms with E-state index in [1.54, 1.807) is 0 Å². The van der Waals surface area contributed by atoms with E-state index < -0.39 is 0 Å². The van der Waals surface area contributed by atoms with Crippen LogP contribution in [-0.4, -0.2) is 38.1 Å². The maximum Gasteiger partial charge on any atom is 0.252 e. The van der Waals surface area contributed by atoms with Crippen molar-refractivity contribution in [2.24, 2.45) is 0 Å². The Kier molecular flexibility index (Phi) is 5.33. The van der Waals surface area contributed by atoms with Crippen molar-refractivity contribution >= 4 is 5.91 Å². The van der Waals surface area contributed by atoms with Crippen molar-refractivity contribution in [1.82, 2.24) is 10.2 Å². The third-order valence-corrected chi connectivity index (χ3v) is 5.02. The van der Waals surface area contributed by atoms with Crippen molar-refractivity contribution in [3.63, 3.8) is 0 Å². The van der Waals surface area contributed by atoms with Crippen molar-refractivity contribution in [2.45, 2.75) is 32.2 Å². The Morgan fingerprint density at radius 3 is 2.50 bits per heavy atom. The van der Waals surface area contributed by atoms with E-state index in [-0.39, 0.29) is 11.4 Å². The van der Waals surface area contributed by atoms with Crippen LogP contribution < -0.4 is 10.1 Å². The molecule has 0 atom stereocenters. The molecule has 1 aliphatic rings. The standard InChI is InChI=1S/C22H28N2O2/c1-16-9-10-18(26-14-13-24(3)4)15-19(16)21(25)23-22(11-12-22)20-8-6-5-7-17(20)2/h5-10,15H,11-14H2,1-4H3,(H,23,25). The molecule has 1 N–H and O–H groups in total. The van der Waals surface area contributed by atoms with E-state index in [2.05, 4.69) is 29.3 Å². The molecule has 1 amide bonds. The Bertz CT molecular complexity index is 794. The quantitative estimate of drug-likeness (QED) is 0.827. The minimum absolute atomic E-state index is 0.0266. The SMILES string of the molecule is Cc1ccc(OCCN(C)C)cc1C(=O)NC1(c2ccccc2C)CC1. The highest BCUT2D eigenvalue weighted by atomic mass is 16.5. The number of amides is 1. The molecule has 0 heterocycles. The molecular weight excluding hydrogens is 324 g/mol. The molecule has 1 fully saturated rings. The molecule has 0 aliphatic heterocycles. The van der Waals surface area contributed by atoms with Gasteiger partial charge in [0.15, 0.2) is 0 Å². The Hall–Kier alpha value is -2.33. The Labute approximate surface area is 156 Å². The molecule has 4 nitrogen and oxygen atoms in total. The summed E-state index contributed by atoms with van der Waals surface area (Å²) >= 11 is 0. The van der Waals surface area contributed by atoms with Gasteiger partial charge < -0.3 is 15.0 Å². The molecule has 1 aliphatic carbocycles. The van der Waals surface area contributed by atoms with E-state index in [1.165, 1.54) is 11.1 Å². The van der Waals surface area contributed by atoms with E-state index in [0.29, 0.717) is 12.2 Å². The van der Waals surface area contributed by atoms with Crippen LogP contribution in [0.2, 0.25) is 0 Å². The van der Waals surface area contributed by atoms with Crippen LogP contribution in [0.3, 0.4) is 0 Å². The first-order chi connectivity index (χ1) is 12.4. The zero-order chi connectivity index (χ0) is 18.7. The first-order valence-corrected chi connectivity index (χ1v) is 9.18. The maximum atomic E-state index is 13.0. The third kappa shape index (κ3) is 4.07. The predicted octanol–water partition coefficient (Wildman–Crippen LogP) is 3.66. The third-order valence-electron chi connectivity index (χ3n) is 5.02. The molecule has 0 radical (unpaired) electrons. The number of carbonyl (C=O) groups is 1. The van der Waals surface area contributed by atoms with E-state index in [0.717, 1.165) is 30.7 Å². The minimum Gasteiger partial charge on any atom is -0.492 e. The fourth-order valence-electron chi connectivity index (χ4n) is 3.26. The van der Waals surface area contributed by atoms with Gasteiger partial charge in [-0.15, -0.1) is 0 Å². The summed E-state index contributed by atoms with van der Waals surface area (Å²) in [6.07, 6.45) is 1.98. The lowest BCUT2D eigenvalue weighted by molar-refractivity contribution is 0.0929. The number of ether oxygens (including phenoxy) is 1. The summed E-state index contributed by atoms with van der Waals surface area (Å²) in [6, 6.07) is 14.0. The van der Waals surface area contributed by atoms with Gasteiger partial charge in [0.25, 0.3) is 5.91 Å². The lowest BCUT2D eigenvalue weighted by Crippen LogP contribution is -2.35. The van der Waals surface area contributed by atoms with Crippen LogP contribution in [0.15, 0.2) is 42.5 Å². The van der Waals surface area contributed by atoms with Gasteiger partial charge in [-0.1, -0.05) is 30.3 Å². The highest BCUT2D eigenvalue weighted by Crippen LogP contribution is 2.46. The Morgan fingerprint density at radius 2 is 1.85 bits per heavy atom. The van der Waals surface area contributed by atoms with E-state index >= 15 is 0 Å². The molecule has 0 bridgehead atoms. The van der Waals surface area contributed by atoms with E-state index in [4.69, 9.17) is 4.74 Å². The normalized spacial score (nSPS) is 15.0. The summed E-state index contributed by atoms with van der Waals surface area (Å²) in [5, 5.41) is 3.28. The van der Waals surface area contributed by atoms with Crippen molar-refractivity contribution in [3.8, 4) is 5.75 Å². The average Bonchev–Trinajstić information content (AvgIpc) is 3.36. The zero-order valence-electron chi connectivity index (χ0n) is 16.1. The van der Waals surface area contributed by atoms with Crippen molar-refractivity contribution in [1.29, 1.82) is 0 Å². The fraction of sp³-hybridized carbons (Fsp3) is 0.409. The minimum atomic E-state index is -0.212. The molecule has 0 saturated heterocycles. The summed E-state index contributed by atoms with van der Waals surface area (Å²) in [6.45, 7) is 5.51. The Balaban J connectivity index is 1.74. The van der Waals surface area contributed by atoms with Gasteiger partial charge in [0.1, 0.15) is 12.4 Å². The molecule has 2 aromatic carbocycles. The molecule has 138 valence electrons. The molecule has 0 spiro atoms. The number of nitrogens with zero attached hydrogens (tertiary/aromatic N) is 1. The van der Waals surface area contributed by atoms with E-state index in [1.807, 2.05) is 51.4 Å². The molecule has 1 saturated carbocycles. The second-order valence-electron chi connectivity index (χ2n) is 7.48. The maximum absolute atomic E-state index is 13.0. The van der Waals surface area contributed by atoms with Crippen LogP contribution >= 0.6 is 0 Å². The van der Waals surface area contributed by atoms with Crippen LogP contribution in [-0.2, 0) is 5.54 Å². The zero-order valence-corrected chi connectivity index (χ0v) is 16.1. The lowest BCUT2D eigenvalue weighted by Gasteiger charge is -2.21. The first kappa shape index (κ1) is 18.5. The molecule has 0 unspecified atom stereocenters. The smallest absolute Gasteiger partial charge is 0.252 e. The van der Waals surface area contributed by atoms with Crippen molar-refractivity contribution in [2.75, 3.05) is 27.2 Å². The second-order valence-corrected chi connectivity index (χ2v) is 7.48.